The molecule has 0 fully saturated rings. The van der Waals surface area contributed by atoms with E-state index in [4.69, 9.17) is 0 Å². The van der Waals surface area contributed by atoms with Crippen LogP contribution in [0.3, 0.4) is 0 Å². The van der Waals surface area contributed by atoms with Crippen molar-refractivity contribution in [3.8, 4) is 0 Å². The van der Waals surface area contributed by atoms with Crippen LogP contribution in [-0.2, 0) is 6.42 Å². The lowest BCUT2D eigenvalue weighted by molar-refractivity contribution is -0.385. The number of thiophene rings is 1. The average molecular weight is 277 g/mol. The molecule has 0 amide bonds. The van der Waals surface area contributed by atoms with E-state index < -0.39 is 4.92 Å². The molecule has 0 saturated carbocycles. The molecule has 1 atom stereocenters. The fourth-order valence-corrected chi connectivity index (χ4v) is 2.66. The zero-order chi connectivity index (χ0) is 13.8. The van der Waals surface area contributed by atoms with Crippen LogP contribution in [0.5, 0.6) is 0 Å². The maximum absolute atomic E-state index is 10.6. The number of anilines is 1. The number of pyridine rings is 1. The smallest absolute Gasteiger partial charge is 0.287 e. The highest BCUT2D eigenvalue weighted by Gasteiger charge is 2.11. The van der Waals surface area contributed by atoms with Gasteiger partial charge in [0.05, 0.1) is 4.92 Å². The standard InChI is InChI=1S/C13H15N3O2S/c1-9-6-11(16(17)18)8-14-13(9)15-10(2)7-12-4-3-5-19-12/h3-6,8,10H,7H2,1-2H3,(H,14,15). The summed E-state index contributed by atoms with van der Waals surface area (Å²) in [7, 11) is 0. The van der Waals surface area contributed by atoms with Crippen molar-refractivity contribution < 1.29 is 4.92 Å². The number of nitrogens with zero attached hydrogens (tertiary/aromatic N) is 2. The van der Waals surface area contributed by atoms with E-state index >= 15 is 0 Å². The highest BCUT2D eigenvalue weighted by atomic mass is 32.1. The van der Waals surface area contributed by atoms with Crippen LogP contribution in [0.4, 0.5) is 11.5 Å². The summed E-state index contributed by atoms with van der Waals surface area (Å²) in [4.78, 5) is 15.6. The Labute approximate surface area is 115 Å². The minimum Gasteiger partial charge on any atom is -0.367 e. The van der Waals surface area contributed by atoms with Gasteiger partial charge in [-0.05, 0) is 30.9 Å². The Morgan fingerprint density at radius 1 is 1.58 bits per heavy atom. The number of nitro groups is 1. The van der Waals surface area contributed by atoms with Gasteiger partial charge >= 0.3 is 0 Å². The second kappa shape index (κ2) is 5.79. The van der Waals surface area contributed by atoms with Crippen molar-refractivity contribution >= 4 is 22.8 Å². The van der Waals surface area contributed by atoms with Gasteiger partial charge in [-0.3, -0.25) is 10.1 Å². The molecular formula is C13H15N3O2S. The van der Waals surface area contributed by atoms with E-state index in [-0.39, 0.29) is 11.7 Å². The summed E-state index contributed by atoms with van der Waals surface area (Å²) < 4.78 is 0. The molecule has 0 radical (unpaired) electrons. The van der Waals surface area contributed by atoms with E-state index in [0.29, 0.717) is 5.82 Å². The molecular weight excluding hydrogens is 262 g/mol. The zero-order valence-corrected chi connectivity index (χ0v) is 11.6. The molecule has 0 aliphatic heterocycles. The topological polar surface area (TPSA) is 68.1 Å². The summed E-state index contributed by atoms with van der Waals surface area (Å²) in [5.74, 6) is 0.703. The van der Waals surface area contributed by atoms with Crippen molar-refractivity contribution in [3.63, 3.8) is 0 Å². The van der Waals surface area contributed by atoms with Gasteiger partial charge in [0.25, 0.3) is 5.69 Å². The molecule has 0 aliphatic carbocycles. The van der Waals surface area contributed by atoms with Gasteiger partial charge in [0.1, 0.15) is 12.0 Å². The van der Waals surface area contributed by atoms with Crippen molar-refractivity contribution in [2.24, 2.45) is 0 Å². The number of nitrogens with one attached hydrogen (secondary N) is 1. The SMILES string of the molecule is Cc1cc([N+](=O)[O-])cnc1NC(C)Cc1cccs1. The summed E-state index contributed by atoms with van der Waals surface area (Å²) >= 11 is 1.72. The van der Waals surface area contributed by atoms with Crippen LogP contribution in [0.1, 0.15) is 17.4 Å². The van der Waals surface area contributed by atoms with Gasteiger partial charge in [0, 0.05) is 23.4 Å². The van der Waals surface area contributed by atoms with Crippen molar-refractivity contribution in [1.82, 2.24) is 4.98 Å². The van der Waals surface area contributed by atoms with E-state index in [1.54, 1.807) is 11.3 Å². The van der Waals surface area contributed by atoms with Gasteiger partial charge in [0.15, 0.2) is 0 Å². The maximum atomic E-state index is 10.6. The molecule has 0 aliphatic rings. The first-order valence-corrected chi connectivity index (χ1v) is 6.84. The number of hydrogen-bond donors (Lipinski definition) is 1. The largest absolute Gasteiger partial charge is 0.367 e. The molecule has 2 heterocycles. The molecule has 6 heteroatoms. The van der Waals surface area contributed by atoms with Crippen molar-refractivity contribution in [2.75, 3.05) is 5.32 Å². The average Bonchev–Trinajstić information content (AvgIpc) is 2.84. The molecule has 19 heavy (non-hydrogen) atoms. The molecule has 5 nitrogen and oxygen atoms in total. The van der Waals surface area contributed by atoms with E-state index in [1.807, 2.05) is 13.0 Å². The molecule has 2 rings (SSSR count). The van der Waals surface area contributed by atoms with Crippen molar-refractivity contribution in [3.05, 3.63) is 50.3 Å². The van der Waals surface area contributed by atoms with Gasteiger partial charge < -0.3 is 5.32 Å². The van der Waals surface area contributed by atoms with Crippen LogP contribution >= 0.6 is 11.3 Å². The normalized spacial score (nSPS) is 12.1. The first-order valence-electron chi connectivity index (χ1n) is 5.96. The Balaban J connectivity index is 2.04. The van der Waals surface area contributed by atoms with E-state index in [1.165, 1.54) is 17.1 Å². The van der Waals surface area contributed by atoms with Crippen LogP contribution in [-0.4, -0.2) is 15.9 Å². The predicted octanol–water partition coefficient (Wildman–Crippen LogP) is 3.40. The highest BCUT2D eigenvalue weighted by molar-refractivity contribution is 7.09. The van der Waals surface area contributed by atoms with E-state index in [2.05, 4.69) is 28.7 Å². The summed E-state index contributed by atoms with van der Waals surface area (Å²) in [5.41, 5.74) is 0.807. The van der Waals surface area contributed by atoms with Gasteiger partial charge in [0.2, 0.25) is 0 Å². The third-order valence-electron chi connectivity index (χ3n) is 2.75. The number of rotatable bonds is 5. The van der Waals surface area contributed by atoms with E-state index in [0.717, 1.165) is 12.0 Å². The lowest BCUT2D eigenvalue weighted by Crippen LogP contribution is -2.19. The van der Waals surface area contributed by atoms with Gasteiger partial charge in [-0.1, -0.05) is 6.07 Å². The quantitative estimate of drug-likeness (QED) is 0.671. The molecule has 100 valence electrons. The second-order valence-corrected chi connectivity index (χ2v) is 5.48. The van der Waals surface area contributed by atoms with Crippen LogP contribution in [0.2, 0.25) is 0 Å². The number of hydrogen-bond acceptors (Lipinski definition) is 5. The van der Waals surface area contributed by atoms with Gasteiger partial charge in [-0.15, -0.1) is 11.3 Å². The van der Waals surface area contributed by atoms with Crippen LogP contribution in [0, 0.1) is 17.0 Å². The summed E-state index contributed by atoms with van der Waals surface area (Å²) in [6, 6.07) is 5.89. The zero-order valence-electron chi connectivity index (χ0n) is 10.8. The molecule has 1 unspecified atom stereocenters. The minimum absolute atomic E-state index is 0.0222. The monoisotopic (exact) mass is 277 g/mol. The van der Waals surface area contributed by atoms with Crippen LogP contribution in [0.15, 0.2) is 29.8 Å². The van der Waals surface area contributed by atoms with Gasteiger partial charge in [-0.2, -0.15) is 0 Å². The predicted molar refractivity (Wildman–Crippen MR) is 76.7 cm³/mol. The molecule has 0 spiro atoms. The van der Waals surface area contributed by atoms with Crippen LogP contribution < -0.4 is 5.32 Å². The Morgan fingerprint density at radius 2 is 2.37 bits per heavy atom. The molecule has 2 aromatic rings. The molecule has 0 saturated heterocycles. The minimum atomic E-state index is -0.432. The third-order valence-corrected chi connectivity index (χ3v) is 3.64. The molecule has 0 aromatic carbocycles. The van der Waals surface area contributed by atoms with Gasteiger partial charge in [-0.25, -0.2) is 4.98 Å². The third kappa shape index (κ3) is 3.51. The number of aromatic nitrogens is 1. The van der Waals surface area contributed by atoms with Crippen molar-refractivity contribution in [2.45, 2.75) is 26.3 Å². The molecule has 1 N–H and O–H groups in total. The summed E-state index contributed by atoms with van der Waals surface area (Å²) in [6.45, 7) is 3.89. The van der Waals surface area contributed by atoms with Crippen LogP contribution in [0.25, 0.3) is 0 Å². The number of aryl methyl sites for hydroxylation is 1. The second-order valence-electron chi connectivity index (χ2n) is 4.45. The lowest BCUT2D eigenvalue weighted by atomic mass is 10.2. The fourth-order valence-electron chi connectivity index (χ4n) is 1.83. The Hall–Kier alpha value is -1.95. The fraction of sp³-hybridized carbons (Fsp3) is 0.308. The Morgan fingerprint density at radius 3 is 2.95 bits per heavy atom. The molecule has 0 bridgehead atoms. The van der Waals surface area contributed by atoms with E-state index in [9.17, 15) is 10.1 Å². The molecule has 2 aromatic heterocycles. The summed E-state index contributed by atoms with van der Waals surface area (Å²) in [5, 5.41) is 16.0. The van der Waals surface area contributed by atoms with Crippen molar-refractivity contribution in [1.29, 1.82) is 0 Å². The highest BCUT2D eigenvalue weighted by Crippen LogP contribution is 2.20. The Kier molecular flexibility index (Phi) is 4.11. The first kappa shape index (κ1) is 13.5. The maximum Gasteiger partial charge on any atom is 0.287 e. The first-order chi connectivity index (χ1) is 9.06. The summed E-state index contributed by atoms with van der Waals surface area (Å²) in [6.07, 6.45) is 2.20. The Bertz CT molecular complexity index is 569. The lowest BCUT2D eigenvalue weighted by Gasteiger charge is -2.15.